The van der Waals surface area contributed by atoms with E-state index in [1.807, 2.05) is 31.2 Å². The molecular weight excluding hydrogens is 465 g/mol. The number of rotatable bonds is 8. The summed E-state index contributed by atoms with van der Waals surface area (Å²) < 4.78 is 41.4. The number of nitrogens with zero attached hydrogens (tertiary/aromatic N) is 1. The van der Waals surface area contributed by atoms with Gasteiger partial charge in [-0.25, -0.2) is 22.3 Å². The Kier molecular flexibility index (Phi) is 8.30. The molecule has 0 saturated heterocycles. The summed E-state index contributed by atoms with van der Waals surface area (Å²) in [5.41, 5.74) is 3.19. The highest BCUT2D eigenvalue weighted by atomic mass is 32.2. The van der Waals surface area contributed by atoms with Gasteiger partial charge in [-0.05, 0) is 72.9 Å². The van der Waals surface area contributed by atoms with E-state index in [-0.39, 0.29) is 29.4 Å². The minimum Gasteiger partial charge on any atom is -0.308 e. The van der Waals surface area contributed by atoms with Gasteiger partial charge in [0.05, 0.1) is 4.90 Å². The molecule has 0 unspecified atom stereocenters. The molecule has 0 heterocycles. The Morgan fingerprint density at radius 3 is 2.09 bits per heavy atom. The summed E-state index contributed by atoms with van der Waals surface area (Å²) in [6.45, 7) is 8.52. The SMILES string of the molecule is Cc1ccc(NC(=O)N(CCCNS(=O)(=O)c2ccc(C(C)(C)C)cc2)c2ccc(F)cc2)cc1. The number of anilines is 2. The van der Waals surface area contributed by atoms with Crippen LogP contribution in [0.3, 0.4) is 0 Å². The van der Waals surface area contributed by atoms with Crippen molar-refractivity contribution < 1.29 is 17.6 Å². The van der Waals surface area contributed by atoms with Crippen molar-refractivity contribution in [1.29, 1.82) is 0 Å². The van der Waals surface area contributed by atoms with Crippen molar-refractivity contribution in [3.8, 4) is 0 Å². The van der Waals surface area contributed by atoms with Gasteiger partial charge in [-0.15, -0.1) is 0 Å². The molecule has 6 nitrogen and oxygen atoms in total. The summed E-state index contributed by atoms with van der Waals surface area (Å²) in [4.78, 5) is 14.6. The molecular formula is C27H32FN3O3S. The molecule has 3 aromatic carbocycles. The fraction of sp³-hybridized carbons (Fsp3) is 0.296. The van der Waals surface area contributed by atoms with Crippen LogP contribution in [0.15, 0.2) is 77.7 Å². The molecule has 0 aliphatic carbocycles. The molecule has 0 aliphatic heterocycles. The Labute approximate surface area is 207 Å². The van der Waals surface area contributed by atoms with Gasteiger partial charge in [0.1, 0.15) is 5.82 Å². The van der Waals surface area contributed by atoms with Gasteiger partial charge in [-0.1, -0.05) is 50.6 Å². The standard InChI is InChI=1S/C27H32FN3O3S/c1-20-6-12-23(13-7-20)30-26(32)31(24-14-10-22(28)11-15-24)19-5-18-29-35(33,34)25-16-8-21(9-17-25)27(2,3)4/h6-17,29H,5,18-19H2,1-4H3,(H,30,32). The highest BCUT2D eigenvalue weighted by molar-refractivity contribution is 7.89. The van der Waals surface area contributed by atoms with Crippen LogP contribution in [0.25, 0.3) is 0 Å². The molecule has 0 saturated carbocycles. The van der Waals surface area contributed by atoms with Gasteiger partial charge in [0.25, 0.3) is 0 Å². The molecule has 0 radical (unpaired) electrons. The predicted molar refractivity (Wildman–Crippen MR) is 139 cm³/mol. The third-order valence-corrected chi connectivity index (χ3v) is 7.04. The van der Waals surface area contributed by atoms with E-state index in [2.05, 4.69) is 30.8 Å². The Morgan fingerprint density at radius 1 is 0.914 bits per heavy atom. The van der Waals surface area contributed by atoms with Gasteiger partial charge in [0.15, 0.2) is 0 Å². The van der Waals surface area contributed by atoms with Crippen LogP contribution >= 0.6 is 0 Å². The first-order chi connectivity index (χ1) is 16.5. The largest absolute Gasteiger partial charge is 0.326 e. The van der Waals surface area contributed by atoms with Crippen LogP contribution in [0, 0.1) is 12.7 Å². The van der Waals surface area contributed by atoms with Crippen molar-refractivity contribution in [1.82, 2.24) is 4.72 Å². The summed E-state index contributed by atoms with van der Waals surface area (Å²) in [5, 5.41) is 2.84. The van der Waals surface area contributed by atoms with Gasteiger partial charge >= 0.3 is 6.03 Å². The minimum atomic E-state index is -3.68. The zero-order chi connectivity index (χ0) is 25.6. The number of benzene rings is 3. The van der Waals surface area contributed by atoms with E-state index in [1.165, 1.54) is 29.2 Å². The number of urea groups is 1. The second kappa shape index (κ2) is 11.0. The summed E-state index contributed by atoms with van der Waals surface area (Å²) in [6, 6.07) is 19.4. The number of amides is 2. The Hall–Kier alpha value is -3.23. The first-order valence-corrected chi connectivity index (χ1v) is 12.9. The molecule has 0 fully saturated rings. The second-order valence-corrected chi connectivity index (χ2v) is 11.2. The average molecular weight is 498 g/mol. The quantitative estimate of drug-likeness (QED) is 0.384. The predicted octanol–water partition coefficient (Wildman–Crippen LogP) is 5.84. The van der Waals surface area contributed by atoms with Gasteiger partial charge in [-0.3, -0.25) is 4.90 Å². The lowest BCUT2D eigenvalue weighted by atomic mass is 9.87. The number of carbonyl (C=O) groups excluding carboxylic acids is 1. The number of carbonyl (C=O) groups is 1. The summed E-state index contributed by atoms with van der Waals surface area (Å²) in [7, 11) is -3.68. The van der Waals surface area contributed by atoms with Crippen LogP contribution in [-0.4, -0.2) is 27.5 Å². The van der Waals surface area contributed by atoms with Gasteiger partial charge in [-0.2, -0.15) is 0 Å². The molecule has 0 bridgehead atoms. The topological polar surface area (TPSA) is 78.5 Å². The maximum atomic E-state index is 13.4. The average Bonchev–Trinajstić information content (AvgIpc) is 2.81. The molecule has 0 spiro atoms. The molecule has 186 valence electrons. The Morgan fingerprint density at radius 2 is 1.51 bits per heavy atom. The fourth-order valence-corrected chi connectivity index (χ4v) is 4.53. The van der Waals surface area contributed by atoms with Crippen LogP contribution < -0.4 is 14.9 Å². The molecule has 35 heavy (non-hydrogen) atoms. The number of halogens is 1. The molecule has 8 heteroatoms. The number of aryl methyl sites for hydroxylation is 1. The van der Waals surface area contributed by atoms with E-state index in [9.17, 15) is 17.6 Å². The number of hydrogen-bond donors (Lipinski definition) is 2. The molecule has 2 N–H and O–H groups in total. The molecule has 0 atom stereocenters. The van der Waals surface area contributed by atoms with Crippen LogP contribution in [0.5, 0.6) is 0 Å². The first kappa shape index (κ1) is 26.4. The van der Waals surface area contributed by atoms with Crippen molar-refractivity contribution in [3.05, 3.63) is 89.7 Å². The van der Waals surface area contributed by atoms with Gasteiger partial charge in [0, 0.05) is 24.5 Å². The number of nitrogens with one attached hydrogen (secondary N) is 2. The monoisotopic (exact) mass is 497 g/mol. The fourth-order valence-electron chi connectivity index (χ4n) is 3.46. The summed E-state index contributed by atoms with van der Waals surface area (Å²) >= 11 is 0. The normalized spacial score (nSPS) is 11.8. The van der Waals surface area contributed by atoms with Crippen LogP contribution in [0.1, 0.15) is 38.3 Å². The maximum Gasteiger partial charge on any atom is 0.326 e. The third kappa shape index (κ3) is 7.37. The molecule has 3 aromatic rings. The van der Waals surface area contributed by atoms with E-state index in [0.29, 0.717) is 17.8 Å². The first-order valence-electron chi connectivity index (χ1n) is 11.5. The van der Waals surface area contributed by atoms with E-state index in [4.69, 9.17) is 0 Å². The smallest absolute Gasteiger partial charge is 0.308 e. The zero-order valence-corrected chi connectivity index (χ0v) is 21.3. The lowest BCUT2D eigenvalue weighted by Crippen LogP contribution is -2.37. The lowest BCUT2D eigenvalue weighted by Gasteiger charge is -2.23. The van der Waals surface area contributed by atoms with Crippen molar-refractivity contribution in [2.75, 3.05) is 23.3 Å². The van der Waals surface area contributed by atoms with Crippen LogP contribution in [0.4, 0.5) is 20.6 Å². The third-order valence-electron chi connectivity index (χ3n) is 5.57. The zero-order valence-electron chi connectivity index (χ0n) is 20.5. The maximum absolute atomic E-state index is 13.4. The van der Waals surface area contributed by atoms with E-state index >= 15 is 0 Å². The van der Waals surface area contributed by atoms with Crippen molar-refractivity contribution in [3.63, 3.8) is 0 Å². The second-order valence-electron chi connectivity index (χ2n) is 9.45. The highest BCUT2D eigenvalue weighted by Crippen LogP contribution is 2.23. The van der Waals surface area contributed by atoms with E-state index in [0.717, 1.165) is 11.1 Å². The molecule has 2 amide bonds. The number of hydrogen-bond acceptors (Lipinski definition) is 3. The van der Waals surface area contributed by atoms with Crippen LogP contribution in [-0.2, 0) is 15.4 Å². The van der Waals surface area contributed by atoms with E-state index < -0.39 is 15.8 Å². The summed E-state index contributed by atoms with van der Waals surface area (Å²) in [6.07, 6.45) is 0.359. The van der Waals surface area contributed by atoms with Gasteiger partial charge < -0.3 is 5.32 Å². The van der Waals surface area contributed by atoms with Crippen molar-refractivity contribution in [2.45, 2.75) is 44.4 Å². The van der Waals surface area contributed by atoms with Gasteiger partial charge in [0.2, 0.25) is 10.0 Å². The van der Waals surface area contributed by atoms with Crippen molar-refractivity contribution in [2.24, 2.45) is 0 Å². The number of sulfonamides is 1. The minimum absolute atomic E-state index is 0.0707. The Balaban J connectivity index is 1.65. The molecule has 3 rings (SSSR count). The highest BCUT2D eigenvalue weighted by Gasteiger charge is 2.19. The lowest BCUT2D eigenvalue weighted by molar-refractivity contribution is 0.257. The van der Waals surface area contributed by atoms with Crippen molar-refractivity contribution >= 4 is 27.4 Å². The molecule has 0 aromatic heterocycles. The summed E-state index contributed by atoms with van der Waals surface area (Å²) in [5.74, 6) is -0.405. The van der Waals surface area contributed by atoms with E-state index in [1.54, 1.807) is 24.3 Å². The molecule has 0 aliphatic rings. The van der Waals surface area contributed by atoms with Crippen LogP contribution in [0.2, 0.25) is 0 Å². The Bertz CT molecular complexity index is 1230.